The third-order valence-corrected chi connectivity index (χ3v) is 6.89. The fraction of sp³-hybridized carbons (Fsp3) is 0.684. The van der Waals surface area contributed by atoms with Crippen LogP contribution in [-0.4, -0.2) is 35.6 Å². The van der Waals surface area contributed by atoms with Gasteiger partial charge in [-0.1, -0.05) is 13.8 Å². The van der Waals surface area contributed by atoms with Gasteiger partial charge in [-0.2, -0.15) is 0 Å². The summed E-state index contributed by atoms with van der Waals surface area (Å²) in [6.07, 6.45) is 9.25. The molecule has 1 saturated heterocycles. The van der Waals surface area contributed by atoms with Gasteiger partial charge in [0.05, 0.1) is 25.0 Å². The number of anilines is 1. The summed E-state index contributed by atoms with van der Waals surface area (Å²) in [5.74, 6) is 1.90. The number of thiophene rings is 1. The van der Waals surface area contributed by atoms with Gasteiger partial charge < -0.3 is 10.2 Å². The van der Waals surface area contributed by atoms with Crippen LogP contribution in [0.4, 0.5) is 5.82 Å². The van der Waals surface area contributed by atoms with Crippen molar-refractivity contribution < 1.29 is 4.90 Å². The molecule has 0 saturated carbocycles. The van der Waals surface area contributed by atoms with E-state index >= 15 is 0 Å². The summed E-state index contributed by atoms with van der Waals surface area (Å²) in [5, 5.41) is 5.10. The van der Waals surface area contributed by atoms with Crippen LogP contribution in [0.3, 0.4) is 0 Å². The molecule has 2 aromatic heterocycles. The normalized spacial score (nSPS) is 27.2. The zero-order valence-corrected chi connectivity index (χ0v) is 15.7. The van der Waals surface area contributed by atoms with Crippen LogP contribution >= 0.6 is 11.3 Å². The van der Waals surface area contributed by atoms with Gasteiger partial charge in [0.15, 0.2) is 0 Å². The molecule has 0 amide bonds. The van der Waals surface area contributed by atoms with Crippen LogP contribution in [0.1, 0.15) is 50.0 Å². The van der Waals surface area contributed by atoms with Crippen molar-refractivity contribution in [2.24, 2.45) is 5.92 Å². The summed E-state index contributed by atoms with van der Waals surface area (Å²) in [7, 11) is 0. The Morgan fingerprint density at radius 1 is 1.25 bits per heavy atom. The molecule has 1 aliphatic heterocycles. The fourth-order valence-corrected chi connectivity index (χ4v) is 5.70. The van der Waals surface area contributed by atoms with Gasteiger partial charge in [0, 0.05) is 23.8 Å². The number of fused-ring (bicyclic) bond motifs is 3. The molecule has 2 N–H and O–H groups in total. The van der Waals surface area contributed by atoms with Crippen molar-refractivity contribution in [1.29, 1.82) is 0 Å². The summed E-state index contributed by atoms with van der Waals surface area (Å²) >= 11 is 1.89. The van der Waals surface area contributed by atoms with Crippen LogP contribution in [-0.2, 0) is 12.8 Å². The molecule has 4 rings (SSSR count). The molecule has 1 atom stereocenters. The van der Waals surface area contributed by atoms with Crippen molar-refractivity contribution in [1.82, 2.24) is 9.97 Å². The zero-order valence-electron chi connectivity index (χ0n) is 14.9. The van der Waals surface area contributed by atoms with E-state index in [-0.39, 0.29) is 0 Å². The van der Waals surface area contributed by atoms with Crippen molar-refractivity contribution >= 4 is 27.4 Å². The summed E-state index contributed by atoms with van der Waals surface area (Å²) < 4.78 is 0. The Hall–Kier alpha value is -1.20. The first-order chi connectivity index (χ1) is 11.7. The number of nitrogens with zero attached hydrogens (tertiary/aromatic N) is 2. The van der Waals surface area contributed by atoms with Gasteiger partial charge in [0.2, 0.25) is 0 Å². The maximum Gasteiger partial charge on any atom is 0.138 e. The summed E-state index contributed by atoms with van der Waals surface area (Å²) in [5.41, 5.74) is 1.53. The van der Waals surface area contributed by atoms with Gasteiger partial charge in [0.1, 0.15) is 17.0 Å². The number of piperidine rings is 1. The highest BCUT2D eigenvalue weighted by Gasteiger charge is 2.26. The summed E-state index contributed by atoms with van der Waals surface area (Å²) in [6.45, 7) is 8.55. The molecule has 3 heterocycles. The van der Waals surface area contributed by atoms with Gasteiger partial charge in [-0.15, -0.1) is 11.3 Å². The molecule has 0 bridgehead atoms. The molecule has 0 unspecified atom stereocenters. The van der Waals surface area contributed by atoms with Crippen molar-refractivity contribution in [3.63, 3.8) is 0 Å². The van der Waals surface area contributed by atoms with Gasteiger partial charge in [-0.3, -0.25) is 0 Å². The Bertz CT molecular complexity index is 703. The standard InChI is InChI=1S/C19H28N4S/c1-3-8-23-9-6-14(7-10-23)22-18-17-15-5-4-13(2)11-16(15)24-19(17)21-12-20-18/h12-14H,3-11H2,1-2H3,(H,20,21,22)/p+1/t13-/m1/s1. The zero-order chi connectivity index (χ0) is 16.5. The van der Waals surface area contributed by atoms with Crippen LogP contribution in [0.2, 0.25) is 0 Å². The lowest BCUT2D eigenvalue weighted by molar-refractivity contribution is -0.905. The van der Waals surface area contributed by atoms with Crippen LogP contribution in [0, 0.1) is 5.92 Å². The number of quaternary nitrogens is 1. The van der Waals surface area contributed by atoms with Crippen LogP contribution in [0.5, 0.6) is 0 Å². The number of aryl methyl sites for hydroxylation is 1. The molecule has 0 aromatic carbocycles. The van der Waals surface area contributed by atoms with Gasteiger partial charge in [-0.05, 0) is 37.2 Å². The van der Waals surface area contributed by atoms with E-state index in [1.165, 1.54) is 73.9 Å². The van der Waals surface area contributed by atoms with E-state index in [0.717, 1.165) is 11.7 Å². The van der Waals surface area contributed by atoms with Crippen LogP contribution < -0.4 is 10.2 Å². The van der Waals surface area contributed by atoms with Crippen molar-refractivity contribution in [3.8, 4) is 0 Å². The quantitative estimate of drug-likeness (QED) is 0.895. The van der Waals surface area contributed by atoms with Crippen LogP contribution in [0.15, 0.2) is 6.33 Å². The highest BCUT2D eigenvalue weighted by atomic mass is 32.1. The predicted molar refractivity (Wildman–Crippen MR) is 101 cm³/mol. The molecule has 2 aromatic rings. The molecule has 1 fully saturated rings. The lowest BCUT2D eigenvalue weighted by Crippen LogP contribution is -3.13. The SMILES string of the molecule is CCC[NH+]1CCC(Nc2ncnc3sc4c(c23)CC[C@@H](C)C4)CC1. The number of hydrogen-bond acceptors (Lipinski definition) is 4. The monoisotopic (exact) mass is 345 g/mol. The Morgan fingerprint density at radius 2 is 2.08 bits per heavy atom. The molecule has 130 valence electrons. The Labute approximate surface area is 148 Å². The Morgan fingerprint density at radius 3 is 2.88 bits per heavy atom. The minimum absolute atomic E-state index is 0.571. The van der Waals surface area contributed by atoms with E-state index < -0.39 is 0 Å². The fourth-order valence-electron chi connectivity index (χ4n) is 4.35. The smallest absolute Gasteiger partial charge is 0.138 e. The van der Waals surface area contributed by atoms with E-state index in [2.05, 4.69) is 29.1 Å². The van der Waals surface area contributed by atoms with E-state index in [4.69, 9.17) is 0 Å². The van der Waals surface area contributed by atoms with Gasteiger partial charge in [0.25, 0.3) is 0 Å². The largest absolute Gasteiger partial charge is 0.366 e. The number of aromatic nitrogens is 2. The Balaban J connectivity index is 1.55. The molecule has 1 aliphatic carbocycles. The lowest BCUT2D eigenvalue weighted by Gasteiger charge is -2.30. The molecular weight excluding hydrogens is 316 g/mol. The Kier molecular flexibility index (Phi) is 4.72. The molecular formula is C19H29N4S+. The third-order valence-electron chi connectivity index (χ3n) is 5.73. The maximum atomic E-state index is 4.63. The van der Waals surface area contributed by atoms with E-state index in [1.54, 1.807) is 16.1 Å². The molecule has 4 nitrogen and oxygen atoms in total. The van der Waals surface area contributed by atoms with Crippen molar-refractivity contribution in [2.75, 3.05) is 25.0 Å². The minimum Gasteiger partial charge on any atom is -0.366 e. The van der Waals surface area contributed by atoms with E-state index in [0.29, 0.717) is 6.04 Å². The molecule has 5 heteroatoms. The second-order valence-corrected chi connectivity index (χ2v) is 8.76. The molecule has 0 spiro atoms. The number of likely N-dealkylation sites (tertiary alicyclic amines) is 1. The molecule has 2 aliphatic rings. The topological polar surface area (TPSA) is 42.2 Å². The second kappa shape index (κ2) is 6.96. The van der Waals surface area contributed by atoms with Gasteiger partial charge >= 0.3 is 0 Å². The summed E-state index contributed by atoms with van der Waals surface area (Å²) in [6, 6.07) is 0.571. The maximum absolute atomic E-state index is 4.63. The van der Waals surface area contributed by atoms with Crippen LogP contribution in [0.25, 0.3) is 10.2 Å². The lowest BCUT2D eigenvalue weighted by atomic mass is 9.89. The van der Waals surface area contributed by atoms with Gasteiger partial charge in [-0.25, -0.2) is 9.97 Å². The van der Waals surface area contributed by atoms with Crippen molar-refractivity contribution in [2.45, 2.75) is 58.4 Å². The molecule has 24 heavy (non-hydrogen) atoms. The number of nitrogens with one attached hydrogen (secondary N) is 2. The van der Waals surface area contributed by atoms with Crippen molar-refractivity contribution in [3.05, 3.63) is 16.8 Å². The first-order valence-electron chi connectivity index (χ1n) is 9.60. The summed E-state index contributed by atoms with van der Waals surface area (Å²) in [4.78, 5) is 13.7. The third kappa shape index (κ3) is 3.16. The highest BCUT2D eigenvalue weighted by molar-refractivity contribution is 7.19. The first kappa shape index (κ1) is 16.3. The first-order valence-corrected chi connectivity index (χ1v) is 10.4. The minimum atomic E-state index is 0.571. The number of hydrogen-bond donors (Lipinski definition) is 2. The highest BCUT2D eigenvalue weighted by Crippen LogP contribution is 2.39. The number of rotatable bonds is 4. The second-order valence-electron chi connectivity index (χ2n) is 7.67. The molecule has 0 radical (unpaired) electrons. The predicted octanol–water partition coefficient (Wildman–Crippen LogP) is 2.69. The van der Waals surface area contributed by atoms with E-state index in [1.807, 2.05) is 11.3 Å². The average Bonchev–Trinajstić information content (AvgIpc) is 2.95. The average molecular weight is 346 g/mol. The van der Waals surface area contributed by atoms with E-state index in [9.17, 15) is 0 Å².